The molecule has 0 aliphatic rings. The van der Waals surface area contributed by atoms with Crippen LogP contribution in [0.5, 0.6) is 0 Å². The highest BCUT2D eigenvalue weighted by Crippen LogP contribution is 2.28. The van der Waals surface area contributed by atoms with Crippen LogP contribution in [0, 0.1) is 6.92 Å². The van der Waals surface area contributed by atoms with Crippen LogP contribution in [0.25, 0.3) is 0 Å². The third-order valence-electron chi connectivity index (χ3n) is 7.20. The molecule has 42 heavy (non-hydrogen) atoms. The van der Waals surface area contributed by atoms with Gasteiger partial charge < -0.3 is 10.2 Å². The molecule has 3 aromatic carbocycles. The second-order valence-electron chi connectivity index (χ2n) is 10.5. The van der Waals surface area contributed by atoms with Gasteiger partial charge in [0.1, 0.15) is 6.04 Å². The number of nitrogens with zero attached hydrogens (tertiary/aromatic N) is 2. The quantitative estimate of drug-likeness (QED) is 0.211. The van der Waals surface area contributed by atoms with Crippen LogP contribution >= 0.6 is 27.5 Å². The zero-order chi connectivity index (χ0) is 30.9. The van der Waals surface area contributed by atoms with Crippen LogP contribution in [0.15, 0.2) is 77.3 Å². The Morgan fingerprint density at radius 3 is 2.26 bits per heavy atom. The first kappa shape index (κ1) is 33.6. The molecule has 0 saturated heterocycles. The molecule has 2 amide bonds. The van der Waals surface area contributed by atoms with E-state index in [9.17, 15) is 18.0 Å². The molecule has 0 aliphatic heterocycles. The Morgan fingerprint density at radius 1 is 0.976 bits per heavy atom. The summed E-state index contributed by atoms with van der Waals surface area (Å²) in [7, 11) is -3.63. The van der Waals surface area contributed by atoms with Crippen molar-refractivity contribution in [3.63, 3.8) is 0 Å². The van der Waals surface area contributed by atoms with Gasteiger partial charge in [0.05, 0.1) is 11.9 Å². The predicted molar refractivity (Wildman–Crippen MR) is 174 cm³/mol. The summed E-state index contributed by atoms with van der Waals surface area (Å²) in [5, 5.41) is 3.53. The summed E-state index contributed by atoms with van der Waals surface area (Å²) in [6.45, 7) is 6.04. The number of hydrogen-bond acceptors (Lipinski definition) is 4. The van der Waals surface area contributed by atoms with E-state index in [1.165, 1.54) is 4.31 Å². The molecule has 0 heterocycles. The maximum Gasteiger partial charge on any atom is 0.243 e. The Kier molecular flexibility index (Phi) is 12.4. The van der Waals surface area contributed by atoms with E-state index in [1.54, 1.807) is 30.0 Å². The Balaban J connectivity index is 1.90. The molecule has 0 radical (unpaired) electrons. The largest absolute Gasteiger partial charge is 0.352 e. The number of sulfonamides is 1. The first-order valence-electron chi connectivity index (χ1n) is 14.0. The van der Waals surface area contributed by atoms with E-state index in [-0.39, 0.29) is 43.8 Å². The molecule has 226 valence electrons. The fourth-order valence-corrected chi connectivity index (χ4v) is 6.08. The van der Waals surface area contributed by atoms with Crippen molar-refractivity contribution in [1.82, 2.24) is 10.2 Å². The molecule has 0 saturated carbocycles. The average Bonchev–Trinajstić information content (AvgIpc) is 2.95. The van der Waals surface area contributed by atoms with E-state index < -0.39 is 16.1 Å². The van der Waals surface area contributed by atoms with Gasteiger partial charge >= 0.3 is 0 Å². The lowest BCUT2D eigenvalue weighted by Crippen LogP contribution is -2.52. The minimum absolute atomic E-state index is 0.0512. The Labute approximate surface area is 263 Å². The Bertz CT molecular complexity index is 1450. The highest BCUT2D eigenvalue weighted by molar-refractivity contribution is 9.10. The molecule has 10 heteroatoms. The van der Waals surface area contributed by atoms with Crippen molar-refractivity contribution in [2.24, 2.45) is 0 Å². The number of halogens is 2. The van der Waals surface area contributed by atoms with Gasteiger partial charge in [0, 0.05) is 41.5 Å². The highest BCUT2D eigenvalue weighted by atomic mass is 79.9. The van der Waals surface area contributed by atoms with Crippen LogP contribution in [-0.4, -0.2) is 50.0 Å². The van der Waals surface area contributed by atoms with Gasteiger partial charge in [0.25, 0.3) is 0 Å². The molecule has 3 rings (SSSR count). The number of hydrogen-bond donors (Lipinski definition) is 1. The molecule has 7 nitrogen and oxygen atoms in total. The van der Waals surface area contributed by atoms with Gasteiger partial charge in [-0.15, -0.1) is 0 Å². The molecule has 0 aromatic heterocycles. The van der Waals surface area contributed by atoms with Gasteiger partial charge in [-0.05, 0) is 67.6 Å². The van der Waals surface area contributed by atoms with Crippen molar-refractivity contribution in [2.45, 2.75) is 65.1 Å². The lowest BCUT2D eigenvalue weighted by atomic mass is 10.0. The first-order valence-corrected chi connectivity index (χ1v) is 17.0. The molecule has 2 atom stereocenters. The molecule has 0 spiro atoms. The van der Waals surface area contributed by atoms with Crippen molar-refractivity contribution in [2.75, 3.05) is 17.1 Å². The second kappa shape index (κ2) is 15.5. The van der Waals surface area contributed by atoms with E-state index in [0.717, 1.165) is 28.3 Å². The predicted octanol–water partition coefficient (Wildman–Crippen LogP) is 6.51. The van der Waals surface area contributed by atoms with Gasteiger partial charge in [-0.25, -0.2) is 8.42 Å². The SMILES string of the molecule is CC[C@H](C)NC(=O)[C@@H](Cc1ccccc1)N(Cc1ccc(Br)cc1)C(=O)CCCN(c1cccc(Cl)c1C)S(C)(=O)=O. The number of benzene rings is 3. The van der Waals surface area contributed by atoms with Crippen LogP contribution in [0.4, 0.5) is 5.69 Å². The molecule has 0 unspecified atom stereocenters. The zero-order valence-electron chi connectivity index (χ0n) is 24.5. The maximum atomic E-state index is 13.9. The second-order valence-corrected chi connectivity index (χ2v) is 13.7. The van der Waals surface area contributed by atoms with Crippen LogP contribution in [0.1, 0.15) is 49.8 Å². The third kappa shape index (κ3) is 9.57. The van der Waals surface area contributed by atoms with Crippen molar-refractivity contribution < 1.29 is 18.0 Å². The van der Waals surface area contributed by atoms with Crippen LogP contribution in [0.2, 0.25) is 5.02 Å². The molecule has 1 N–H and O–H groups in total. The van der Waals surface area contributed by atoms with E-state index in [4.69, 9.17) is 11.6 Å². The minimum Gasteiger partial charge on any atom is -0.352 e. The van der Waals surface area contributed by atoms with Gasteiger partial charge in [-0.2, -0.15) is 0 Å². The summed E-state index contributed by atoms with van der Waals surface area (Å²) in [5.41, 5.74) is 2.96. The molecule has 3 aromatic rings. The summed E-state index contributed by atoms with van der Waals surface area (Å²) >= 11 is 9.73. The fourth-order valence-electron chi connectivity index (χ4n) is 4.63. The normalized spacial score (nSPS) is 12.8. The Morgan fingerprint density at radius 2 is 1.64 bits per heavy atom. The summed E-state index contributed by atoms with van der Waals surface area (Å²) in [6.07, 6.45) is 2.57. The first-order chi connectivity index (χ1) is 19.9. The van der Waals surface area contributed by atoms with Gasteiger partial charge in [-0.3, -0.25) is 13.9 Å². The van der Waals surface area contributed by atoms with Gasteiger partial charge in [0.2, 0.25) is 21.8 Å². The lowest BCUT2D eigenvalue weighted by Gasteiger charge is -2.33. The van der Waals surface area contributed by atoms with Gasteiger partial charge in [-0.1, -0.05) is 83.0 Å². The van der Waals surface area contributed by atoms with Crippen molar-refractivity contribution in [3.05, 3.63) is 99.0 Å². The molecule has 0 fully saturated rings. The number of rotatable bonds is 14. The van der Waals surface area contributed by atoms with Crippen LogP contribution in [-0.2, 0) is 32.6 Å². The molecule has 0 bridgehead atoms. The van der Waals surface area contributed by atoms with Crippen molar-refractivity contribution in [1.29, 1.82) is 0 Å². The third-order valence-corrected chi connectivity index (χ3v) is 9.32. The number of anilines is 1. The topological polar surface area (TPSA) is 86.8 Å². The van der Waals surface area contributed by atoms with Crippen molar-refractivity contribution >= 4 is 55.1 Å². The van der Waals surface area contributed by atoms with E-state index in [1.807, 2.05) is 68.4 Å². The molecule has 0 aliphatic carbocycles. The summed E-state index contributed by atoms with van der Waals surface area (Å²) in [6, 6.07) is 21.6. The lowest BCUT2D eigenvalue weighted by molar-refractivity contribution is -0.141. The van der Waals surface area contributed by atoms with E-state index in [0.29, 0.717) is 22.7 Å². The number of nitrogens with one attached hydrogen (secondary N) is 1. The van der Waals surface area contributed by atoms with E-state index in [2.05, 4.69) is 21.2 Å². The monoisotopic (exact) mass is 675 g/mol. The molecular weight excluding hydrogens is 638 g/mol. The van der Waals surface area contributed by atoms with Crippen molar-refractivity contribution in [3.8, 4) is 0 Å². The fraction of sp³-hybridized carbons (Fsp3) is 0.375. The maximum absolute atomic E-state index is 13.9. The summed E-state index contributed by atoms with van der Waals surface area (Å²) < 4.78 is 27.7. The number of amides is 2. The number of carbonyl (C=O) groups is 2. The standard InChI is InChI=1S/C32H39BrClN3O4S/c1-5-23(2)35-32(39)30(21-25-11-7-6-8-12-25)36(22-26-16-18-27(33)19-17-26)31(38)15-10-20-37(42(4,40)41)29-14-9-13-28(34)24(29)3/h6-9,11-14,16-19,23,30H,5,10,15,20-22H2,1-4H3,(H,35,39)/t23-,30+/m0/s1. The average molecular weight is 677 g/mol. The zero-order valence-corrected chi connectivity index (χ0v) is 27.7. The van der Waals surface area contributed by atoms with Gasteiger partial charge in [0.15, 0.2) is 0 Å². The minimum atomic E-state index is -3.63. The highest BCUT2D eigenvalue weighted by Gasteiger charge is 2.31. The Hall–Kier alpha value is -2.88. The molecular formula is C32H39BrClN3O4S. The smallest absolute Gasteiger partial charge is 0.243 e. The van der Waals surface area contributed by atoms with Crippen LogP contribution in [0.3, 0.4) is 0 Å². The van der Waals surface area contributed by atoms with E-state index >= 15 is 0 Å². The summed E-state index contributed by atoms with van der Waals surface area (Å²) in [5.74, 6) is -0.444. The van der Waals surface area contributed by atoms with Crippen LogP contribution < -0.4 is 9.62 Å². The summed E-state index contributed by atoms with van der Waals surface area (Å²) in [4.78, 5) is 29.2. The number of carbonyl (C=O) groups excluding carboxylic acids is 2.